The molecular weight excluding hydrogens is 512 g/mol. The van der Waals surface area contributed by atoms with E-state index in [1.165, 1.54) is 0 Å². The van der Waals surface area contributed by atoms with Crippen molar-refractivity contribution in [1.29, 1.82) is 5.26 Å². The second kappa shape index (κ2) is 12.8. The minimum Gasteiger partial charge on any atom is -0.450 e. The summed E-state index contributed by atoms with van der Waals surface area (Å²) >= 11 is 0. The van der Waals surface area contributed by atoms with E-state index in [9.17, 15) is 19.6 Å². The molecule has 0 aromatic rings. The summed E-state index contributed by atoms with van der Waals surface area (Å²) in [7, 11) is 0. The van der Waals surface area contributed by atoms with Gasteiger partial charge >= 0.3 is 6.09 Å². The van der Waals surface area contributed by atoms with Gasteiger partial charge in [-0.2, -0.15) is 5.26 Å². The highest BCUT2D eigenvalue weighted by atomic mass is 16.5. The number of allylic oxidation sites excluding steroid dienone is 4. The molecule has 0 saturated heterocycles. The van der Waals surface area contributed by atoms with Gasteiger partial charge in [0.15, 0.2) is 11.6 Å². The van der Waals surface area contributed by atoms with E-state index in [1.54, 1.807) is 13.0 Å². The fourth-order valence-corrected chi connectivity index (χ4v) is 7.68. The fraction of sp³-hybridized carbons (Fsp3) is 0.771. The van der Waals surface area contributed by atoms with Gasteiger partial charge in [-0.3, -0.25) is 9.59 Å². The van der Waals surface area contributed by atoms with Crippen LogP contribution in [0.2, 0.25) is 0 Å². The van der Waals surface area contributed by atoms with E-state index < -0.39 is 11.0 Å². The molecule has 2 aliphatic rings. The summed E-state index contributed by atoms with van der Waals surface area (Å²) < 4.78 is 5.30. The van der Waals surface area contributed by atoms with Gasteiger partial charge in [0, 0.05) is 16.9 Å². The number of nitriles is 1. The SMILES string of the molecule is CCCC(C)(C)CC[C@@](C)(CCC(C)(C)[C@]1(C)CC[C@H]2[C@H](C)C(=O)C(C#N)=C[C@]2(C)/C1=C/C(C)=O)NC(=O)OCC. The molecule has 0 heterocycles. The predicted octanol–water partition coefficient (Wildman–Crippen LogP) is 8.51. The summed E-state index contributed by atoms with van der Waals surface area (Å²) in [6, 6.07) is 2.14. The highest BCUT2D eigenvalue weighted by molar-refractivity contribution is 6.02. The number of alkyl carbamates (subject to hydrolysis) is 1. The van der Waals surface area contributed by atoms with E-state index in [0.717, 1.165) is 56.9 Å². The summed E-state index contributed by atoms with van der Waals surface area (Å²) in [6.45, 7) is 23.5. The fourth-order valence-electron chi connectivity index (χ4n) is 7.68. The molecule has 1 amide bonds. The predicted molar refractivity (Wildman–Crippen MR) is 165 cm³/mol. The Hall–Kier alpha value is -2.42. The van der Waals surface area contributed by atoms with Crippen LogP contribution in [0.25, 0.3) is 0 Å². The molecule has 0 bridgehead atoms. The second-order valence-corrected chi connectivity index (χ2v) is 15.0. The lowest BCUT2D eigenvalue weighted by Gasteiger charge is -2.59. The van der Waals surface area contributed by atoms with Crippen LogP contribution in [-0.4, -0.2) is 29.8 Å². The van der Waals surface area contributed by atoms with Gasteiger partial charge in [-0.25, -0.2) is 4.79 Å². The van der Waals surface area contributed by atoms with E-state index in [1.807, 2.05) is 19.9 Å². The van der Waals surface area contributed by atoms with Crippen molar-refractivity contribution in [3.63, 3.8) is 0 Å². The van der Waals surface area contributed by atoms with Crippen molar-refractivity contribution in [2.45, 2.75) is 133 Å². The van der Waals surface area contributed by atoms with E-state index in [2.05, 4.69) is 66.8 Å². The van der Waals surface area contributed by atoms with E-state index in [4.69, 9.17) is 4.74 Å². The van der Waals surface area contributed by atoms with Gasteiger partial charge in [-0.05, 0) is 94.0 Å². The Kier molecular flexibility index (Phi) is 10.9. The van der Waals surface area contributed by atoms with Gasteiger partial charge in [0.1, 0.15) is 6.07 Å². The molecule has 0 aliphatic heterocycles. The van der Waals surface area contributed by atoms with Crippen molar-refractivity contribution in [3.8, 4) is 6.07 Å². The summed E-state index contributed by atoms with van der Waals surface area (Å²) in [5, 5.41) is 13.0. The summed E-state index contributed by atoms with van der Waals surface area (Å²) in [5.41, 5.74) is -0.208. The van der Waals surface area contributed by atoms with Gasteiger partial charge in [-0.1, -0.05) is 73.5 Å². The Bertz CT molecular complexity index is 1110. The highest BCUT2D eigenvalue weighted by Gasteiger charge is 2.58. The number of carbonyl (C=O) groups excluding carboxylic acids is 3. The first kappa shape index (κ1) is 34.8. The number of ketones is 2. The number of fused-ring (bicyclic) bond motifs is 1. The zero-order valence-electron chi connectivity index (χ0n) is 27.8. The van der Waals surface area contributed by atoms with E-state index in [0.29, 0.717) is 6.61 Å². The zero-order chi connectivity index (χ0) is 31.4. The first-order valence-corrected chi connectivity index (χ1v) is 15.7. The largest absolute Gasteiger partial charge is 0.450 e. The average molecular weight is 569 g/mol. The number of hydrogen-bond acceptors (Lipinski definition) is 5. The molecule has 0 aromatic carbocycles. The Morgan fingerprint density at radius 3 is 2.24 bits per heavy atom. The molecule has 2 aliphatic carbocycles. The van der Waals surface area contributed by atoms with Crippen LogP contribution in [-0.2, 0) is 14.3 Å². The topological polar surface area (TPSA) is 96.3 Å². The second-order valence-electron chi connectivity index (χ2n) is 15.0. The molecule has 0 radical (unpaired) electrons. The van der Waals surface area contributed by atoms with Crippen LogP contribution >= 0.6 is 0 Å². The molecule has 1 N–H and O–H groups in total. The first-order valence-electron chi connectivity index (χ1n) is 15.7. The van der Waals surface area contributed by atoms with Crippen LogP contribution in [0.4, 0.5) is 4.79 Å². The van der Waals surface area contributed by atoms with Crippen molar-refractivity contribution < 1.29 is 19.1 Å². The quantitative estimate of drug-likeness (QED) is 0.238. The molecule has 1 saturated carbocycles. The monoisotopic (exact) mass is 568 g/mol. The third-order valence-corrected chi connectivity index (χ3v) is 10.9. The van der Waals surface area contributed by atoms with Crippen molar-refractivity contribution in [2.75, 3.05) is 6.61 Å². The number of nitrogens with one attached hydrogen (secondary N) is 1. The normalized spacial score (nSPS) is 29.2. The minimum absolute atomic E-state index is 0.0210. The number of ether oxygens (including phenoxy) is 1. The van der Waals surface area contributed by atoms with Crippen LogP contribution in [0.3, 0.4) is 0 Å². The maximum absolute atomic E-state index is 12.9. The molecule has 0 spiro atoms. The summed E-state index contributed by atoms with van der Waals surface area (Å²) in [5.74, 6) is -0.344. The molecule has 6 heteroatoms. The molecule has 230 valence electrons. The molecule has 1 fully saturated rings. The van der Waals surface area contributed by atoms with Crippen molar-refractivity contribution >= 4 is 17.7 Å². The Balaban J connectivity index is 2.49. The Morgan fingerprint density at radius 2 is 1.71 bits per heavy atom. The molecular formula is C35H56N2O4. The van der Waals surface area contributed by atoms with Crippen LogP contribution in [0, 0.1) is 44.8 Å². The lowest BCUT2D eigenvalue weighted by atomic mass is 9.44. The van der Waals surface area contributed by atoms with Crippen LogP contribution in [0.5, 0.6) is 0 Å². The standard InChI is InChI=1S/C35H56N2O4/c1-12-15-31(5,6)17-19-33(9,37-30(40)41-13-2)20-18-32(7,8)35(11)16-14-27-25(4)29(39)26(23-36)22-34(27,10)28(35)21-24(3)38/h21-22,25,27H,12-20H2,1-11H3,(H,37,40)/b28-21-/t25-,27-,33-,34-,35+/m0/s1. The number of amides is 1. The third-order valence-electron chi connectivity index (χ3n) is 10.9. The van der Waals surface area contributed by atoms with Crippen molar-refractivity contribution in [3.05, 3.63) is 23.3 Å². The number of carbonyl (C=O) groups is 3. The van der Waals surface area contributed by atoms with Crippen LogP contribution in [0.15, 0.2) is 23.3 Å². The smallest absolute Gasteiger partial charge is 0.407 e. The molecule has 5 atom stereocenters. The van der Waals surface area contributed by atoms with Gasteiger partial charge in [0.2, 0.25) is 0 Å². The molecule has 6 nitrogen and oxygen atoms in total. The van der Waals surface area contributed by atoms with E-state index in [-0.39, 0.29) is 51.3 Å². The lowest BCUT2D eigenvalue weighted by molar-refractivity contribution is -0.123. The lowest BCUT2D eigenvalue weighted by Crippen LogP contribution is -2.53. The number of hydrogen-bond donors (Lipinski definition) is 1. The number of Topliss-reactive ketones (excluding diaryl/α,β-unsaturated/α-hetero) is 1. The zero-order valence-corrected chi connectivity index (χ0v) is 27.8. The number of nitrogens with zero attached hydrogens (tertiary/aromatic N) is 1. The maximum Gasteiger partial charge on any atom is 0.407 e. The van der Waals surface area contributed by atoms with Crippen molar-refractivity contribution in [1.82, 2.24) is 5.32 Å². The van der Waals surface area contributed by atoms with Gasteiger partial charge < -0.3 is 10.1 Å². The van der Waals surface area contributed by atoms with Crippen LogP contribution < -0.4 is 5.32 Å². The minimum atomic E-state index is -0.564. The number of rotatable bonds is 12. The first-order chi connectivity index (χ1) is 18.8. The Labute approximate surface area is 249 Å². The maximum atomic E-state index is 12.9. The Morgan fingerprint density at radius 1 is 1.10 bits per heavy atom. The highest BCUT2D eigenvalue weighted by Crippen LogP contribution is 2.65. The van der Waals surface area contributed by atoms with Gasteiger partial charge in [0.05, 0.1) is 12.2 Å². The average Bonchev–Trinajstić information content (AvgIpc) is 2.86. The van der Waals surface area contributed by atoms with Gasteiger partial charge in [-0.15, -0.1) is 0 Å². The summed E-state index contributed by atoms with van der Waals surface area (Å²) in [6.07, 6.45) is 10.6. The molecule has 2 rings (SSSR count). The van der Waals surface area contributed by atoms with E-state index >= 15 is 0 Å². The van der Waals surface area contributed by atoms with Crippen molar-refractivity contribution in [2.24, 2.45) is 33.5 Å². The third kappa shape index (κ3) is 7.51. The summed E-state index contributed by atoms with van der Waals surface area (Å²) in [4.78, 5) is 38.3. The molecule has 0 aromatic heterocycles. The molecule has 0 unspecified atom stereocenters. The van der Waals surface area contributed by atoms with Gasteiger partial charge in [0.25, 0.3) is 0 Å². The molecule has 41 heavy (non-hydrogen) atoms. The van der Waals surface area contributed by atoms with Crippen LogP contribution in [0.1, 0.15) is 128 Å².